The Kier molecular flexibility index (Phi) is 8.95. The Balaban J connectivity index is 1.33. The maximum absolute atomic E-state index is 14.1. The quantitative estimate of drug-likeness (QED) is 0.420. The molecule has 3 N–H and O–H groups in total. The molecule has 2 fully saturated rings. The van der Waals surface area contributed by atoms with Crippen molar-refractivity contribution in [3.8, 4) is 0 Å². The first-order chi connectivity index (χ1) is 18.3. The number of benzene rings is 2. The van der Waals surface area contributed by atoms with E-state index in [0.717, 1.165) is 55.1 Å². The van der Waals surface area contributed by atoms with Crippen molar-refractivity contribution in [1.82, 2.24) is 4.90 Å². The second kappa shape index (κ2) is 11.7. The third-order valence-corrected chi connectivity index (χ3v) is 8.52. The predicted molar refractivity (Wildman–Crippen MR) is 145 cm³/mol. The number of amides is 2. The first-order valence-electron chi connectivity index (χ1n) is 12.7. The van der Waals surface area contributed by atoms with Gasteiger partial charge in [-0.2, -0.15) is 13.2 Å². The summed E-state index contributed by atoms with van der Waals surface area (Å²) in [7, 11) is 0. The summed E-state index contributed by atoms with van der Waals surface area (Å²) in [6.07, 6.45) is -1.34. The van der Waals surface area contributed by atoms with E-state index in [1.807, 2.05) is 6.07 Å². The molecule has 12 heteroatoms. The number of rotatable bonds is 6. The summed E-state index contributed by atoms with van der Waals surface area (Å²) >= 11 is 17.9. The van der Waals surface area contributed by atoms with Crippen molar-refractivity contribution in [3.05, 3.63) is 62.6 Å². The Morgan fingerprint density at radius 2 is 1.44 bits per heavy atom. The molecule has 0 bridgehead atoms. The minimum atomic E-state index is -5.26. The van der Waals surface area contributed by atoms with Crippen LogP contribution in [0.25, 0.3) is 0 Å². The van der Waals surface area contributed by atoms with Crippen molar-refractivity contribution < 1.29 is 27.9 Å². The summed E-state index contributed by atoms with van der Waals surface area (Å²) in [6, 6.07) is 8.27. The Morgan fingerprint density at radius 1 is 0.897 bits per heavy atom. The van der Waals surface area contributed by atoms with Gasteiger partial charge in [-0.3, -0.25) is 9.59 Å². The molecule has 4 rings (SSSR count). The number of likely N-dealkylation sites (tertiary alicyclic amines) is 1. The molecule has 0 spiro atoms. The summed E-state index contributed by atoms with van der Waals surface area (Å²) in [5.41, 5.74) is 2.10. The molecule has 0 radical (unpaired) electrons. The van der Waals surface area contributed by atoms with Crippen molar-refractivity contribution in [2.24, 2.45) is 17.6 Å². The van der Waals surface area contributed by atoms with Crippen molar-refractivity contribution >= 4 is 52.3 Å². The van der Waals surface area contributed by atoms with Crippen LogP contribution in [0.4, 0.5) is 18.9 Å². The number of carbonyl (C=O) groups excluding carboxylic acids is 2. The first-order valence-corrected chi connectivity index (χ1v) is 13.8. The molecule has 2 aliphatic heterocycles. The molecule has 39 heavy (non-hydrogen) atoms. The van der Waals surface area contributed by atoms with Crippen LogP contribution < -0.4 is 10.6 Å². The number of carbonyl (C=O) groups is 2. The molecule has 2 aromatic carbocycles. The topological polar surface area (TPSA) is 86.9 Å². The molecule has 0 aliphatic carbocycles. The molecule has 2 heterocycles. The zero-order chi connectivity index (χ0) is 28.5. The molecule has 0 saturated carbocycles. The smallest absolute Gasteiger partial charge is 0.371 e. The van der Waals surface area contributed by atoms with Gasteiger partial charge >= 0.3 is 6.18 Å². The normalized spacial score (nSPS) is 19.2. The van der Waals surface area contributed by atoms with Crippen molar-refractivity contribution in [2.75, 3.05) is 31.1 Å². The summed E-state index contributed by atoms with van der Waals surface area (Å²) in [4.78, 5) is 27.8. The highest BCUT2D eigenvalue weighted by atomic mass is 35.5. The molecule has 1 atom stereocenters. The van der Waals surface area contributed by atoms with Gasteiger partial charge in [0.2, 0.25) is 5.91 Å². The summed E-state index contributed by atoms with van der Waals surface area (Å²) in [6.45, 7) is 1.88. The SMILES string of the molecule is NC(=O)c1ccc(N2CCC(CC3CCN(C(=O)[C@](O)(c4cc(Cl)cc(Cl)c4)C(F)(F)F)CC3)CC2)cc1Cl. The monoisotopic (exact) mass is 605 g/mol. The van der Waals surface area contributed by atoms with Gasteiger partial charge in [0.15, 0.2) is 0 Å². The number of alkyl halides is 3. The maximum atomic E-state index is 14.1. The summed E-state index contributed by atoms with van der Waals surface area (Å²) in [5, 5.41) is 10.8. The number of hydrogen-bond donors (Lipinski definition) is 2. The second-order valence-corrected chi connectivity index (χ2v) is 11.6. The highest BCUT2D eigenvalue weighted by Crippen LogP contribution is 2.43. The van der Waals surface area contributed by atoms with Crippen molar-refractivity contribution in [1.29, 1.82) is 0 Å². The number of primary amides is 1. The van der Waals surface area contributed by atoms with Crippen LogP contribution in [0.5, 0.6) is 0 Å². The van der Waals surface area contributed by atoms with E-state index >= 15 is 0 Å². The van der Waals surface area contributed by atoms with Gasteiger partial charge in [0.1, 0.15) is 0 Å². The van der Waals surface area contributed by atoms with Gasteiger partial charge in [-0.25, -0.2) is 0 Å². The summed E-state index contributed by atoms with van der Waals surface area (Å²) < 4.78 is 42.2. The van der Waals surface area contributed by atoms with E-state index in [9.17, 15) is 27.9 Å². The van der Waals surface area contributed by atoms with Gasteiger partial charge in [-0.15, -0.1) is 0 Å². The van der Waals surface area contributed by atoms with Crippen LogP contribution in [-0.2, 0) is 10.4 Å². The van der Waals surface area contributed by atoms with Crippen LogP contribution in [0.15, 0.2) is 36.4 Å². The van der Waals surface area contributed by atoms with E-state index in [0.29, 0.717) is 23.8 Å². The summed E-state index contributed by atoms with van der Waals surface area (Å²) in [5.74, 6) is -1.26. The standard InChI is InChI=1S/C27H29Cl3F3N3O3/c28-19-12-18(13-20(29)14-19)26(39,27(31,32)33)25(38)36-9-5-17(6-10-36)11-16-3-7-35(8-4-16)21-1-2-22(24(34)37)23(30)15-21/h1-2,12-17,39H,3-11H2,(H2,34,37)/t26-/m1/s1. The molecule has 0 unspecified atom stereocenters. The number of aliphatic hydroxyl groups is 1. The maximum Gasteiger partial charge on any atom is 0.430 e. The van der Waals surface area contributed by atoms with Gasteiger partial charge in [0.25, 0.3) is 11.5 Å². The van der Waals surface area contributed by atoms with E-state index < -0.39 is 29.2 Å². The van der Waals surface area contributed by atoms with Gasteiger partial charge < -0.3 is 20.6 Å². The van der Waals surface area contributed by atoms with Gasteiger partial charge in [0.05, 0.1) is 10.6 Å². The minimum Gasteiger partial charge on any atom is -0.371 e. The zero-order valence-corrected chi connectivity index (χ0v) is 23.3. The molecule has 2 aromatic rings. The van der Waals surface area contributed by atoms with E-state index in [2.05, 4.69) is 4.90 Å². The number of anilines is 1. The highest BCUT2D eigenvalue weighted by molar-refractivity contribution is 6.35. The third-order valence-electron chi connectivity index (χ3n) is 7.77. The number of piperidine rings is 2. The molecule has 2 saturated heterocycles. The van der Waals surface area contributed by atoms with Crippen molar-refractivity contribution in [2.45, 2.75) is 43.9 Å². The average molecular weight is 607 g/mol. The van der Waals surface area contributed by atoms with E-state index in [1.54, 1.807) is 12.1 Å². The number of halogens is 6. The van der Waals surface area contributed by atoms with Gasteiger partial charge in [-0.05, 0) is 80.3 Å². The fraction of sp³-hybridized carbons (Fsp3) is 0.481. The fourth-order valence-electron chi connectivity index (χ4n) is 5.57. The average Bonchev–Trinajstić information content (AvgIpc) is 2.87. The Morgan fingerprint density at radius 3 is 1.92 bits per heavy atom. The van der Waals surface area contributed by atoms with Gasteiger partial charge in [0, 0.05) is 47.5 Å². The van der Waals surface area contributed by atoms with Crippen LogP contribution in [-0.4, -0.2) is 54.2 Å². The third kappa shape index (κ3) is 6.42. The molecular formula is C27H29Cl3F3N3O3. The molecule has 212 valence electrons. The first kappa shape index (κ1) is 29.8. The van der Waals surface area contributed by atoms with Crippen LogP contribution in [0.2, 0.25) is 15.1 Å². The number of hydrogen-bond acceptors (Lipinski definition) is 4. The lowest BCUT2D eigenvalue weighted by molar-refractivity contribution is -0.262. The predicted octanol–water partition coefficient (Wildman–Crippen LogP) is 6.04. The Hall–Kier alpha value is -2.20. The fourth-order valence-corrected chi connectivity index (χ4v) is 6.36. The highest BCUT2D eigenvalue weighted by Gasteiger charge is 2.62. The van der Waals surface area contributed by atoms with Crippen molar-refractivity contribution in [3.63, 3.8) is 0 Å². The number of nitrogens with two attached hydrogens (primary N) is 1. The minimum absolute atomic E-state index is 0.108. The van der Waals surface area contributed by atoms with E-state index in [1.165, 1.54) is 6.07 Å². The molecular weight excluding hydrogens is 578 g/mol. The van der Waals surface area contributed by atoms with Crippen LogP contribution in [0, 0.1) is 11.8 Å². The second-order valence-electron chi connectivity index (χ2n) is 10.3. The van der Waals surface area contributed by atoms with Gasteiger partial charge in [-0.1, -0.05) is 34.8 Å². The van der Waals surface area contributed by atoms with Crippen LogP contribution in [0.3, 0.4) is 0 Å². The Bertz CT molecular complexity index is 1210. The molecule has 2 amide bonds. The lowest BCUT2D eigenvalue weighted by Crippen LogP contribution is -2.57. The number of nitrogens with zero attached hydrogens (tertiary/aromatic N) is 2. The van der Waals surface area contributed by atoms with E-state index in [4.69, 9.17) is 40.5 Å². The van der Waals surface area contributed by atoms with Crippen LogP contribution >= 0.6 is 34.8 Å². The molecule has 2 aliphatic rings. The lowest BCUT2D eigenvalue weighted by Gasteiger charge is -2.40. The Labute approximate surface area is 239 Å². The van der Waals surface area contributed by atoms with Crippen LogP contribution in [0.1, 0.15) is 48.0 Å². The van der Waals surface area contributed by atoms with E-state index in [-0.39, 0.29) is 34.6 Å². The molecule has 0 aromatic heterocycles. The molecule has 6 nitrogen and oxygen atoms in total. The lowest BCUT2D eigenvalue weighted by atomic mass is 9.82. The largest absolute Gasteiger partial charge is 0.430 e. The zero-order valence-electron chi connectivity index (χ0n) is 21.0.